The summed E-state index contributed by atoms with van der Waals surface area (Å²) >= 11 is 0. The standard InChI is InChI=1S/C23H22FNO/c1-17-8-10-18(11-9-17)16-22(26)25(2)23(19-6-4-3-5-7-19)20-12-14-21(24)15-13-20/h3-15,23H,16H2,1-2H3. The maximum Gasteiger partial charge on any atom is 0.227 e. The Balaban J connectivity index is 1.89. The Bertz CT molecular complexity index is 857. The van der Waals surface area contributed by atoms with E-state index < -0.39 is 0 Å². The van der Waals surface area contributed by atoms with Gasteiger partial charge in [0.25, 0.3) is 0 Å². The van der Waals surface area contributed by atoms with Crippen LogP contribution in [-0.2, 0) is 11.2 Å². The first-order valence-corrected chi connectivity index (χ1v) is 8.66. The highest BCUT2D eigenvalue weighted by Crippen LogP contribution is 2.28. The molecule has 132 valence electrons. The van der Waals surface area contributed by atoms with E-state index in [1.165, 1.54) is 17.7 Å². The molecule has 1 atom stereocenters. The number of halogens is 1. The molecule has 0 bridgehead atoms. The van der Waals surface area contributed by atoms with Crippen LogP contribution in [0.5, 0.6) is 0 Å². The minimum absolute atomic E-state index is 0.0204. The highest BCUT2D eigenvalue weighted by Gasteiger charge is 2.23. The van der Waals surface area contributed by atoms with Gasteiger partial charge in [-0.15, -0.1) is 0 Å². The summed E-state index contributed by atoms with van der Waals surface area (Å²) in [5, 5.41) is 0. The van der Waals surface area contributed by atoms with Gasteiger partial charge in [0.15, 0.2) is 0 Å². The van der Waals surface area contributed by atoms with Gasteiger partial charge in [-0.3, -0.25) is 4.79 Å². The van der Waals surface area contributed by atoms with Crippen molar-refractivity contribution in [2.45, 2.75) is 19.4 Å². The van der Waals surface area contributed by atoms with Gasteiger partial charge in [-0.25, -0.2) is 4.39 Å². The van der Waals surface area contributed by atoms with Crippen molar-refractivity contribution >= 4 is 5.91 Å². The Morgan fingerprint density at radius 3 is 2.08 bits per heavy atom. The molecule has 1 amide bonds. The third kappa shape index (κ3) is 4.17. The van der Waals surface area contributed by atoms with E-state index in [-0.39, 0.29) is 17.8 Å². The van der Waals surface area contributed by atoms with E-state index in [2.05, 4.69) is 0 Å². The van der Waals surface area contributed by atoms with Crippen molar-refractivity contribution in [2.24, 2.45) is 0 Å². The first-order valence-electron chi connectivity index (χ1n) is 8.66. The van der Waals surface area contributed by atoms with E-state index in [1.807, 2.05) is 61.5 Å². The number of amides is 1. The molecule has 0 spiro atoms. The largest absolute Gasteiger partial charge is 0.334 e. The normalized spacial score (nSPS) is 11.8. The third-order valence-corrected chi connectivity index (χ3v) is 4.56. The first kappa shape index (κ1) is 17.9. The summed E-state index contributed by atoms with van der Waals surface area (Å²) in [6, 6.07) is 23.9. The van der Waals surface area contributed by atoms with Gasteiger partial charge >= 0.3 is 0 Å². The molecule has 0 radical (unpaired) electrons. The van der Waals surface area contributed by atoms with Gasteiger partial charge in [-0.1, -0.05) is 72.3 Å². The molecule has 3 aromatic rings. The van der Waals surface area contributed by atoms with Crippen LogP contribution in [0.15, 0.2) is 78.9 Å². The second-order valence-electron chi connectivity index (χ2n) is 6.53. The summed E-state index contributed by atoms with van der Waals surface area (Å²) < 4.78 is 13.4. The quantitative estimate of drug-likeness (QED) is 0.641. The van der Waals surface area contributed by atoms with Crippen LogP contribution in [0.1, 0.15) is 28.3 Å². The number of rotatable bonds is 5. The van der Waals surface area contributed by atoms with Crippen molar-refractivity contribution in [1.29, 1.82) is 0 Å². The molecule has 3 heteroatoms. The number of benzene rings is 3. The van der Waals surface area contributed by atoms with Gasteiger partial charge in [0.05, 0.1) is 12.5 Å². The fraction of sp³-hybridized carbons (Fsp3) is 0.174. The lowest BCUT2D eigenvalue weighted by atomic mass is 9.96. The zero-order valence-electron chi connectivity index (χ0n) is 15.0. The summed E-state index contributed by atoms with van der Waals surface area (Å²) in [4.78, 5) is 14.6. The van der Waals surface area contributed by atoms with Crippen molar-refractivity contribution in [3.63, 3.8) is 0 Å². The predicted molar refractivity (Wildman–Crippen MR) is 102 cm³/mol. The topological polar surface area (TPSA) is 20.3 Å². The van der Waals surface area contributed by atoms with Crippen LogP contribution in [0.25, 0.3) is 0 Å². The van der Waals surface area contributed by atoms with Crippen LogP contribution in [-0.4, -0.2) is 17.9 Å². The van der Waals surface area contributed by atoms with Gasteiger partial charge in [-0.2, -0.15) is 0 Å². The molecular formula is C23H22FNO. The molecule has 0 aliphatic carbocycles. The fourth-order valence-electron chi connectivity index (χ4n) is 3.07. The molecule has 2 nitrogen and oxygen atoms in total. The monoisotopic (exact) mass is 347 g/mol. The lowest BCUT2D eigenvalue weighted by Gasteiger charge is -2.29. The van der Waals surface area contributed by atoms with E-state index in [0.717, 1.165) is 16.7 Å². The predicted octanol–water partition coefficient (Wildman–Crippen LogP) is 4.92. The van der Waals surface area contributed by atoms with Crippen LogP contribution in [0.3, 0.4) is 0 Å². The summed E-state index contributed by atoms with van der Waals surface area (Å²) in [5.41, 5.74) is 4.04. The zero-order valence-corrected chi connectivity index (χ0v) is 15.0. The Kier molecular flexibility index (Phi) is 5.47. The minimum Gasteiger partial charge on any atom is -0.334 e. The van der Waals surface area contributed by atoms with Gasteiger partial charge < -0.3 is 4.90 Å². The lowest BCUT2D eigenvalue weighted by molar-refractivity contribution is -0.130. The molecule has 3 aromatic carbocycles. The Morgan fingerprint density at radius 2 is 1.46 bits per heavy atom. The van der Waals surface area contributed by atoms with E-state index in [1.54, 1.807) is 24.1 Å². The third-order valence-electron chi connectivity index (χ3n) is 4.56. The smallest absolute Gasteiger partial charge is 0.227 e. The molecule has 1 unspecified atom stereocenters. The summed E-state index contributed by atoms with van der Waals surface area (Å²) in [6.07, 6.45) is 0.335. The number of aryl methyl sites for hydroxylation is 1. The number of likely N-dealkylation sites (N-methyl/N-ethyl adjacent to an activating group) is 1. The minimum atomic E-state index is -0.283. The molecular weight excluding hydrogens is 325 g/mol. The summed E-state index contributed by atoms with van der Waals surface area (Å²) in [6.45, 7) is 2.03. The van der Waals surface area contributed by atoms with Crippen LogP contribution in [0.2, 0.25) is 0 Å². The molecule has 3 rings (SSSR count). The fourth-order valence-corrected chi connectivity index (χ4v) is 3.07. The molecule has 0 aliphatic rings. The molecule has 0 heterocycles. The number of nitrogens with zero attached hydrogens (tertiary/aromatic N) is 1. The van der Waals surface area contributed by atoms with Gasteiger partial charge in [0.1, 0.15) is 5.82 Å². The Labute approximate surface area is 153 Å². The van der Waals surface area contributed by atoms with Crippen molar-refractivity contribution in [1.82, 2.24) is 4.90 Å². The lowest BCUT2D eigenvalue weighted by Crippen LogP contribution is -2.33. The molecule has 0 aromatic heterocycles. The summed E-state index contributed by atoms with van der Waals surface area (Å²) in [5.74, 6) is -0.263. The number of carbonyl (C=O) groups excluding carboxylic acids is 1. The van der Waals surface area contributed by atoms with Gasteiger partial charge in [0.2, 0.25) is 5.91 Å². The van der Waals surface area contributed by atoms with E-state index in [4.69, 9.17) is 0 Å². The first-order chi connectivity index (χ1) is 12.5. The molecule has 0 N–H and O–H groups in total. The second-order valence-corrected chi connectivity index (χ2v) is 6.53. The van der Waals surface area contributed by atoms with Crippen molar-refractivity contribution in [3.05, 3.63) is 107 Å². The van der Waals surface area contributed by atoms with Crippen molar-refractivity contribution in [2.75, 3.05) is 7.05 Å². The van der Waals surface area contributed by atoms with Crippen LogP contribution >= 0.6 is 0 Å². The number of carbonyl (C=O) groups is 1. The molecule has 0 saturated carbocycles. The van der Waals surface area contributed by atoms with Crippen LogP contribution in [0, 0.1) is 12.7 Å². The molecule has 26 heavy (non-hydrogen) atoms. The van der Waals surface area contributed by atoms with E-state index in [0.29, 0.717) is 6.42 Å². The molecule has 0 saturated heterocycles. The summed E-state index contributed by atoms with van der Waals surface area (Å²) in [7, 11) is 1.80. The number of hydrogen-bond acceptors (Lipinski definition) is 1. The molecule has 0 fully saturated rings. The Hall–Kier alpha value is -2.94. The second kappa shape index (κ2) is 7.96. The van der Waals surface area contributed by atoms with Crippen molar-refractivity contribution < 1.29 is 9.18 Å². The maximum absolute atomic E-state index is 13.4. The van der Waals surface area contributed by atoms with Gasteiger partial charge in [0, 0.05) is 7.05 Å². The Morgan fingerprint density at radius 1 is 0.885 bits per heavy atom. The zero-order chi connectivity index (χ0) is 18.5. The SMILES string of the molecule is Cc1ccc(CC(=O)N(C)C(c2ccccc2)c2ccc(F)cc2)cc1. The highest BCUT2D eigenvalue weighted by atomic mass is 19.1. The van der Waals surface area contributed by atoms with Crippen LogP contribution < -0.4 is 0 Å². The van der Waals surface area contributed by atoms with E-state index in [9.17, 15) is 9.18 Å². The average molecular weight is 347 g/mol. The van der Waals surface area contributed by atoms with E-state index >= 15 is 0 Å². The highest BCUT2D eigenvalue weighted by molar-refractivity contribution is 5.79. The van der Waals surface area contributed by atoms with Crippen molar-refractivity contribution in [3.8, 4) is 0 Å². The van der Waals surface area contributed by atoms with Gasteiger partial charge in [-0.05, 0) is 35.7 Å². The van der Waals surface area contributed by atoms with Crippen LogP contribution in [0.4, 0.5) is 4.39 Å². The number of hydrogen-bond donors (Lipinski definition) is 0. The average Bonchev–Trinajstić information content (AvgIpc) is 2.66. The molecule has 0 aliphatic heterocycles. The maximum atomic E-state index is 13.4.